The topological polar surface area (TPSA) is 0 Å². The van der Waals surface area contributed by atoms with Crippen molar-refractivity contribution in [3.63, 3.8) is 0 Å². The largest absolute Gasteiger partial charge is 0.358 e. The van der Waals surface area contributed by atoms with Gasteiger partial charge in [0.2, 0.25) is 0 Å². The first-order chi connectivity index (χ1) is 0. The Kier molecular flexibility index (Phi) is 574. The van der Waals surface area contributed by atoms with Crippen LogP contribution < -0.4 is 0 Å². The van der Waals surface area contributed by atoms with Gasteiger partial charge in [0.25, 0.3) is 0 Å². The van der Waals surface area contributed by atoms with Crippen molar-refractivity contribution < 1.29 is 147 Å². The third-order valence-electron chi connectivity index (χ3n) is 0. The van der Waals surface area contributed by atoms with Crippen molar-refractivity contribution in [2.45, 2.75) is 0 Å². The summed E-state index contributed by atoms with van der Waals surface area (Å²) in [5.41, 5.74) is 0. The molecule has 0 unspecified atom stereocenters. The zero-order valence-corrected chi connectivity index (χ0v) is 24.4. The van der Waals surface area contributed by atoms with Gasteiger partial charge in [0.15, 0.2) is 0 Å². The molecule has 7 heteroatoms. The molecule has 0 aliphatic heterocycles. The Morgan fingerprint density at radius 1 is 0.250 bits per heavy atom. The van der Waals surface area contributed by atoms with Crippen molar-refractivity contribution in [3.8, 4) is 0 Å². The first-order valence-corrected chi connectivity index (χ1v) is 0. The average molecular weight is 1300 g/mol. The third kappa shape index (κ3) is 44.9. The van der Waals surface area contributed by atoms with E-state index in [0.717, 1.165) is 0 Å². The van der Waals surface area contributed by atoms with E-state index >= 15 is 0 Å². The molecule has 0 amide bonds. The summed E-state index contributed by atoms with van der Waals surface area (Å²) in [5, 5.41) is 0. The molecule has 0 aromatic carbocycles. The first kappa shape index (κ1) is 77.1. The predicted octanol–water partition coefficient (Wildman–Crippen LogP) is 0.433. The summed E-state index contributed by atoms with van der Waals surface area (Å²) in [4.78, 5) is 0. The zero-order valence-electron chi connectivity index (χ0n) is 3.86. The number of hydrogen-bond donors (Lipinski definition) is 0. The first-order valence-electron chi connectivity index (χ1n) is 0. The molecule has 0 rings (SSSR count). The summed E-state index contributed by atoms with van der Waals surface area (Å²) in [7, 11) is 0. The third-order valence-corrected chi connectivity index (χ3v) is 0. The SMILES string of the molecule is [CH3-].[W].[W].[W].[W].[W].[W].[W]. The van der Waals surface area contributed by atoms with Gasteiger partial charge >= 0.3 is 0 Å². The van der Waals surface area contributed by atoms with Crippen molar-refractivity contribution in [1.29, 1.82) is 0 Å². The van der Waals surface area contributed by atoms with Gasteiger partial charge in [-0.25, -0.2) is 0 Å². The molecule has 0 aromatic rings. The maximum Gasteiger partial charge on any atom is 0 e. The number of rotatable bonds is 0. The fourth-order valence-corrected chi connectivity index (χ4v) is 0. The molecule has 50 valence electrons. The van der Waals surface area contributed by atoms with Gasteiger partial charge in [-0.05, 0) is 0 Å². The Balaban J connectivity index is 0. The molecule has 0 N–H and O–H groups in total. The van der Waals surface area contributed by atoms with Crippen LogP contribution in [-0.4, -0.2) is 0 Å². The molecule has 0 heterocycles. The van der Waals surface area contributed by atoms with Gasteiger partial charge in [-0.3, -0.25) is 0 Å². The molecule has 0 radical (unpaired) electrons. The van der Waals surface area contributed by atoms with Crippen LogP contribution >= 0.6 is 0 Å². The van der Waals surface area contributed by atoms with Crippen molar-refractivity contribution in [2.75, 3.05) is 0 Å². The molecule has 0 atom stereocenters. The van der Waals surface area contributed by atoms with Gasteiger partial charge in [-0.1, -0.05) is 0 Å². The molecular weight excluding hydrogens is 1300 g/mol. The van der Waals surface area contributed by atoms with E-state index in [2.05, 4.69) is 0 Å². The molecule has 0 saturated heterocycles. The van der Waals surface area contributed by atoms with E-state index in [1.165, 1.54) is 0 Å². The van der Waals surface area contributed by atoms with Crippen LogP contribution in [0.15, 0.2) is 0 Å². The maximum absolute atomic E-state index is 0. The van der Waals surface area contributed by atoms with E-state index in [1.807, 2.05) is 0 Å². The molecule has 0 nitrogen and oxygen atoms in total. The molecule has 0 aliphatic rings. The number of hydrogen-bond acceptors (Lipinski definition) is 0. The van der Waals surface area contributed by atoms with Gasteiger partial charge in [0, 0.05) is 147 Å². The Labute approximate surface area is 151 Å². The normalized spacial score (nSPS) is 0. The summed E-state index contributed by atoms with van der Waals surface area (Å²) >= 11 is 0. The summed E-state index contributed by atoms with van der Waals surface area (Å²) in [6.45, 7) is 0. The zero-order chi connectivity index (χ0) is 0. The van der Waals surface area contributed by atoms with Gasteiger partial charge in [0.1, 0.15) is 0 Å². The van der Waals surface area contributed by atoms with Crippen molar-refractivity contribution in [1.82, 2.24) is 0 Å². The van der Waals surface area contributed by atoms with Gasteiger partial charge in [-0.2, -0.15) is 0 Å². The smallest absolute Gasteiger partial charge is 0 e. The van der Waals surface area contributed by atoms with Crippen LogP contribution in [0.5, 0.6) is 0 Å². The summed E-state index contributed by atoms with van der Waals surface area (Å²) in [5.74, 6) is 0. The predicted molar refractivity (Wildman–Crippen MR) is 6.41 cm³/mol. The van der Waals surface area contributed by atoms with Crippen LogP contribution in [0.4, 0.5) is 0 Å². The molecule has 8 heavy (non-hydrogen) atoms. The summed E-state index contributed by atoms with van der Waals surface area (Å²) < 4.78 is 0. The van der Waals surface area contributed by atoms with Crippen molar-refractivity contribution in [2.24, 2.45) is 0 Å². The van der Waals surface area contributed by atoms with Crippen LogP contribution in [0.1, 0.15) is 0 Å². The van der Waals surface area contributed by atoms with E-state index in [1.54, 1.807) is 0 Å². The summed E-state index contributed by atoms with van der Waals surface area (Å²) in [6.07, 6.45) is 0. The molecule has 0 aliphatic carbocycles. The fourth-order valence-electron chi connectivity index (χ4n) is 0. The summed E-state index contributed by atoms with van der Waals surface area (Å²) in [6, 6.07) is 0. The molecule has 0 fully saturated rings. The van der Waals surface area contributed by atoms with E-state index in [4.69, 9.17) is 0 Å². The van der Waals surface area contributed by atoms with Crippen LogP contribution in [-0.2, 0) is 147 Å². The monoisotopic (exact) mass is 1300 g/mol. The average Bonchev–Trinajstić information content (AvgIpc) is 0. The van der Waals surface area contributed by atoms with Crippen molar-refractivity contribution in [3.05, 3.63) is 7.43 Å². The second kappa shape index (κ2) is 59.6. The fraction of sp³-hybridized carbons (Fsp3) is 0. The van der Waals surface area contributed by atoms with Gasteiger partial charge < -0.3 is 7.43 Å². The van der Waals surface area contributed by atoms with E-state index in [9.17, 15) is 0 Å². The standard InChI is InChI=1S/CH3.7W/h1H3;;;;;;;/q-1;;;;;;;. The Morgan fingerprint density at radius 3 is 0.250 bits per heavy atom. The Bertz CT molecular complexity index is 4.35. The van der Waals surface area contributed by atoms with E-state index in [0.29, 0.717) is 0 Å². The van der Waals surface area contributed by atoms with E-state index < -0.39 is 0 Å². The molecule has 0 spiro atoms. The minimum Gasteiger partial charge on any atom is -0.358 e. The maximum atomic E-state index is 0. The Hall–Kier alpha value is 4.82. The van der Waals surface area contributed by atoms with Crippen LogP contribution in [0.3, 0.4) is 0 Å². The van der Waals surface area contributed by atoms with Crippen molar-refractivity contribution >= 4 is 0 Å². The van der Waals surface area contributed by atoms with E-state index in [-0.39, 0.29) is 155 Å². The van der Waals surface area contributed by atoms with Gasteiger partial charge in [0.05, 0.1) is 0 Å². The van der Waals surface area contributed by atoms with Crippen LogP contribution in [0.25, 0.3) is 0 Å². The van der Waals surface area contributed by atoms with Crippen LogP contribution in [0, 0.1) is 7.43 Å². The minimum atomic E-state index is 0. The molecular formula is CH3W7-. The van der Waals surface area contributed by atoms with Crippen LogP contribution in [0.2, 0.25) is 0 Å². The minimum absolute atomic E-state index is 0. The van der Waals surface area contributed by atoms with Gasteiger partial charge in [-0.15, -0.1) is 0 Å². The molecule has 0 bridgehead atoms. The Morgan fingerprint density at radius 2 is 0.250 bits per heavy atom. The molecule has 0 aromatic heterocycles. The second-order valence-corrected chi connectivity index (χ2v) is 0. The second-order valence-electron chi connectivity index (χ2n) is 0. The quantitative estimate of drug-likeness (QED) is 0.310. The molecule has 0 saturated carbocycles.